The highest BCUT2D eigenvalue weighted by Crippen LogP contribution is 2.22. The van der Waals surface area contributed by atoms with Gasteiger partial charge in [-0.25, -0.2) is 0 Å². The molecule has 0 spiro atoms. The minimum Gasteiger partial charge on any atom is -0.342 e. The molecule has 1 aromatic carbocycles. The van der Waals surface area contributed by atoms with Crippen molar-refractivity contribution >= 4 is 33.6 Å². The van der Waals surface area contributed by atoms with Crippen LogP contribution in [0, 0.1) is 5.92 Å². The van der Waals surface area contributed by atoms with E-state index >= 15 is 0 Å². The number of rotatable bonds is 3. The Morgan fingerprint density at radius 1 is 1.44 bits per heavy atom. The molecule has 0 bridgehead atoms. The summed E-state index contributed by atoms with van der Waals surface area (Å²) in [5.41, 5.74) is 0. The van der Waals surface area contributed by atoms with E-state index in [-0.39, 0.29) is 5.91 Å². The van der Waals surface area contributed by atoms with Crippen molar-refractivity contribution in [3.63, 3.8) is 0 Å². The molecule has 1 saturated heterocycles. The smallest absolute Gasteiger partial charge is 0.232 e. The lowest BCUT2D eigenvalue weighted by atomic mass is 10.0. The maximum Gasteiger partial charge on any atom is 0.232 e. The molecule has 18 heavy (non-hydrogen) atoms. The molecule has 0 radical (unpaired) electrons. The number of likely N-dealkylation sites (tertiary alicyclic amines) is 1. The van der Waals surface area contributed by atoms with Gasteiger partial charge in [0.05, 0.1) is 5.75 Å². The minimum atomic E-state index is 0.273. The van der Waals surface area contributed by atoms with Gasteiger partial charge in [-0.05, 0) is 43.0 Å². The number of benzene rings is 1. The zero-order valence-electron chi connectivity index (χ0n) is 10.6. The van der Waals surface area contributed by atoms with Crippen LogP contribution in [0.15, 0.2) is 33.6 Å². The van der Waals surface area contributed by atoms with Crippen LogP contribution in [-0.2, 0) is 4.79 Å². The number of carbonyl (C=O) groups excluding carboxylic acids is 1. The average Bonchev–Trinajstić information content (AvgIpc) is 2.38. The van der Waals surface area contributed by atoms with E-state index < -0.39 is 0 Å². The van der Waals surface area contributed by atoms with E-state index in [0.29, 0.717) is 11.7 Å². The Morgan fingerprint density at radius 3 is 2.83 bits per heavy atom. The van der Waals surface area contributed by atoms with Gasteiger partial charge in [0.15, 0.2) is 0 Å². The van der Waals surface area contributed by atoms with Crippen LogP contribution >= 0.6 is 27.7 Å². The van der Waals surface area contributed by atoms with Crippen molar-refractivity contribution in [3.05, 3.63) is 28.7 Å². The van der Waals surface area contributed by atoms with Gasteiger partial charge in [-0.3, -0.25) is 4.79 Å². The Kier molecular flexibility index (Phi) is 5.13. The summed E-state index contributed by atoms with van der Waals surface area (Å²) in [5.74, 6) is 1.48. The largest absolute Gasteiger partial charge is 0.342 e. The summed E-state index contributed by atoms with van der Waals surface area (Å²) in [6.07, 6.45) is 2.40. The Hall–Kier alpha value is -0.480. The zero-order valence-corrected chi connectivity index (χ0v) is 13.0. The fraction of sp³-hybridized carbons (Fsp3) is 0.500. The van der Waals surface area contributed by atoms with Crippen molar-refractivity contribution in [2.75, 3.05) is 18.8 Å². The van der Waals surface area contributed by atoms with Crippen LogP contribution in [0.2, 0.25) is 0 Å². The Balaban J connectivity index is 1.82. The third-order valence-corrected chi connectivity index (χ3v) is 4.71. The summed E-state index contributed by atoms with van der Waals surface area (Å²) in [6.45, 7) is 4.09. The molecule has 1 unspecified atom stereocenters. The van der Waals surface area contributed by atoms with Crippen LogP contribution in [0.3, 0.4) is 0 Å². The van der Waals surface area contributed by atoms with Crippen LogP contribution in [0.25, 0.3) is 0 Å². The van der Waals surface area contributed by atoms with E-state index in [1.54, 1.807) is 11.8 Å². The van der Waals surface area contributed by atoms with Gasteiger partial charge in [-0.1, -0.05) is 22.9 Å². The molecule has 0 aromatic heterocycles. The molecular weight excluding hydrogens is 310 g/mol. The molecule has 0 aliphatic carbocycles. The van der Waals surface area contributed by atoms with Crippen molar-refractivity contribution in [2.45, 2.75) is 24.7 Å². The fourth-order valence-electron chi connectivity index (χ4n) is 2.18. The van der Waals surface area contributed by atoms with Gasteiger partial charge in [0.1, 0.15) is 0 Å². The number of carbonyl (C=O) groups is 1. The fourth-order valence-corrected chi connectivity index (χ4v) is 3.25. The second-order valence-electron chi connectivity index (χ2n) is 4.83. The molecule has 1 heterocycles. The summed E-state index contributed by atoms with van der Waals surface area (Å²) in [5, 5.41) is 0. The number of thioether (sulfide) groups is 1. The normalized spacial score (nSPS) is 19.9. The highest BCUT2D eigenvalue weighted by molar-refractivity contribution is 9.10. The lowest BCUT2D eigenvalue weighted by molar-refractivity contribution is -0.130. The maximum absolute atomic E-state index is 12.1. The molecule has 98 valence electrons. The van der Waals surface area contributed by atoms with Crippen LogP contribution in [0.4, 0.5) is 0 Å². The first-order valence-corrected chi connectivity index (χ1v) is 8.09. The molecule has 1 aliphatic rings. The lowest BCUT2D eigenvalue weighted by Gasteiger charge is -2.30. The number of nitrogens with zero attached hydrogens (tertiary/aromatic N) is 1. The summed E-state index contributed by atoms with van der Waals surface area (Å²) in [6, 6.07) is 8.10. The SMILES string of the molecule is CC1CCCN(C(=O)CSc2ccc(Br)cc2)C1. The highest BCUT2D eigenvalue weighted by atomic mass is 79.9. The second kappa shape index (κ2) is 6.62. The molecule has 0 saturated carbocycles. The van der Waals surface area contributed by atoms with Crippen molar-refractivity contribution in [2.24, 2.45) is 5.92 Å². The van der Waals surface area contributed by atoms with E-state index in [0.717, 1.165) is 28.9 Å². The van der Waals surface area contributed by atoms with E-state index in [4.69, 9.17) is 0 Å². The number of hydrogen-bond acceptors (Lipinski definition) is 2. The van der Waals surface area contributed by atoms with E-state index in [2.05, 4.69) is 22.9 Å². The first-order chi connectivity index (χ1) is 8.65. The number of halogens is 1. The van der Waals surface area contributed by atoms with Gasteiger partial charge in [0, 0.05) is 22.5 Å². The summed E-state index contributed by atoms with van der Waals surface area (Å²) < 4.78 is 1.07. The molecule has 1 fully saturated rings. The standard InChI is InChI=1S/C14H18BrNOS/c1-11-3-2-8-16(9-11)14(17)10-18-13-6-4-12(15)5-7-13/h4-7,11H,2-3,8-10H2,1H3. The molecule has 0 N–H and O–H groups in total. The third-order valence-electron chi connectivity index (χ3n) is 3.19. The lowest BCUT2D eigenvalue weighted by Crippen LogP contribution is -2.40. The zero-order chi connectivity index (χ0) is 13.0. The monoisotopic (exact) mass is 327 g/mol. The van der Waals surface area contributed by atoms with Crippen molar-refractivity contribution in [1.29, 1.82) is 0 Å². The summed E-state index contributed by atoms with van der Waals surface area (Å²) in [7, 11) is 0. The predicted molar refractivity (Wildman–Crippen MR) is 79.8 cm³/mol. The molecule has 2 rings (SSSR count). The Morgan fingerprint density at radius 2 is 2.17 bits per heavy atom. The summed E-state index contributed by atoms with van der Waals surface area (Å²) in [4.78, 5) is 15.2. The van der Waals surface area contributed by atoms with Gasteiger partial charge >= 0.3 is 0 Å². The first-order valence-electron chi connectivity index (χ1n) is 6.31. The van der Waals surface area contributed by atoms with E-state index in [1.165, 1.54) is 6.42 Å². The van der Waals surface area contributed by atoms with Crippen LogP contribution in [0.5, 0.6) is 0 Å². The molecule has 1 aromatic rings. The number of hydrogen-bond donors (Lipinski definition) is 0. The quantitative estimate of drug-likeness (QED) is 0.787. The van der Waals surface area contributed by atoms with Gasteiger partial charge in [-0.15, -0.1) is 11.8 Å². The molecule has 2 nitrogen and oxygen atoms in total. The van der Waals surface area contributed by atoms with Gasteiger partial charge in [-0.2, -0.15) is 0 Å². The summed E-state index contributed by atoms with van der Waals surface area (Å²) >= 11 is 5.03. The molecule has 1 aliphatic heterocycles. The van der Waals surface area contributed by atoms with Crippen molar-refractivity contribution in [3.8, 4) is 0 Å². The van der Waals surface area contributed by atoms with Gasteiger partial charge in [0.25, 0.3) is 0 Å². The van der Waals surface area contributed by atoms with Crippen LogP contribution in [0.1, 0.15) is 19.8 Å². The Labute approximate surface area is 121 Å². The highest BCUT2D eigenvalue weighted by Gasteiger charge is 2.20. The Bertz CT molecular complexity index is 407. The second-order valence-corrected chi connectivity index (χ2v) is 6.79. The third kappa shape index (κ3) is 4.02. The predicted octanol–water partition coefficient (Wildman–Crippen LogP) is 3.80. The van der Waals surface area contributed by atoms with Gasteiger partial charge < -0.3 is 4.90 Å². The van der Waals surface area contributed by atoms with Crippen LogP contribution in [-0.4, -0.2) is 29.6 Å². The van der Waals surface area contributed by atoms with Gasteiger partial charge in [0.2, 0.25) is 5.91 Å². The molecular formula is C14H18BrNOS. The number of piperidine rings is 1. The topological polar surface area (TPSA) is 20.3 Å². The molecule has 1 atom stereocenters. The van der Waals surface area contributed by atoms with Crippen LogP contribution < -0.4 is 0 Å². The minimum absolute atomic E-state index is 0.273. The van der Waals surface area contributed by atoms with Crippen molar-refractivity contribution < 1.29 is 4.79 Å². The van der Waals surface area contributed by atoms with Crippen molar-refractivity contribution in [1.82, 2.24) is 4.90 Å². The van der Waals surface area contributed by atoms with E-state index in [1.807, 2.05) is 29.2 Å². The molecule has 1 amide bonds. The van der Waals surface area contributed by atoms with E-state index in [9.17, 15) is 4.79 Å². The number of amides is 1. The first kappa shape index (κ1) is 13.9. The molecule has 4 heteroatoms. The maximum atomic E-state index is 12.1. The average molecular weight is 328 g/mol.